The van der Waals surface area contributed by atoms with E-state index < -0.39 is 0 Å². The Labute approximate surface area is 142 Å². The minimum atomic E-state index is 0.528. The second kappa shape index (κ2) is 9.54. The fraction of sp³-hybridized carbons (Fsp3) is 0.471. The molecule has 7 nitrogen and oxygen atoms in total. The topological polar surface area (TPSA) is 84.6 Å². The third-order valence-corrected chi connectivity index (χ3v) is 3.56. The molecule has 0 aliphatic heterocycles. The van der Waals surface area contributed by atoms with Crippen LogP contribution in [0.25, 0.3) is 0 Å². The van der Waals surface area contributed by atoms with Gasteiger partial charge in [0.1, 0.15) is 18.1 Å². The van der Waals surface area contributed by atoms with E-state index >= 15 is 0 Å². The largest absolute Gasteiger partial charge is 0.490 e. The predicted octanol–water partition coefficient (Wildman–Crippen LogP) is 1.94. The Bertz CT molecular complexity index is 618. The lowest BCUT2D eigenvalue weighted by atomic mass is 10.1. The Morgan fingerprint density at radius 1 is 1.29 bits per heavy atom. The number of guanidine groups is 1. The van der Waals surface area contributed by atoms with Crippen LogP contribution in [0.1, 0.15) is 30.9 Å². The Morgan fingerprint density at radius 2 is 2.17 bits per heavy atom. The summed E-state index contributed by atoms with van der Waals surface area (Å²) in [4.78, 5) is 8.23. The van der Waals surface area contributed by atoms with Gasteiger partial charge in [-0.15, -0.1) is 0 Å². The number of ether oxygens (including phenoxy) is 1. The Kier molecular flexibility index (Phi) is 7.07. The predicted molar refractivity (Wildman–Crippen MR) is 93.2 cm³/mol. The van der Waals surface area contributed by atoms with E-state index in [1.54, 1.807) is 19.4 Å². The highest BCUT2D eigenvalue weighted by Gasteiger charge is 2.13. The van der Waals surface area contributed by atoms with E-state index in [0.29, 0.717) is 19.7 Å². The first kappa shape index (κ1) is 17.8. The fourth-order valence-corrected chi connectivity index (χ4v) is 2.30. The summed E-state index contributed by atoms with van der Waals surface area (Å²) in [6, 6.07) is 3.73. The molecule has 0 atom stereocenters. The summed E-state index contributed by atoms with van der Waals surface area (Å²) in [7, 11) is 1.74. The van der Waals surface area contributed by atoms with Gasteiger partial charge < -0.3 is 19.9 Å². The maximum Gasteiger partial charge on any atom is 0.191 e. The average Bonchev–Trinajstić information content (AvgIpc) is 3.04. The first-order valence-corrected chi connectivity index (χ1v) is 8.22. The van der Waals surface area contributed by atoms with Crippen LogP contribution < -0.4 is 15.4 Å². The lowest BCUT2D eigenvalue weighted by Gasteiger charge is -2.12. The molecule has 2 rings (SSSR count). The van der Waals surface area contributed by atoms with Crippen LogP contribution in [-0.2, 0) is 19.4 Å². The van der Waals surface area contributed by atoms with Crippen LogP contribution in [0.2, 0.25) is 0 Å². The highest BCUT2D eigenvalue weighted by molar-refractivity contribution is 5.79. The molecule has 7 heteroatoms. The fourth-order valence-electron chi connectivity index (χ4n) is 2.30. The zero-order valence-corrected chi connectivity index (χ0v) is 14.5. The smallest absolute Gasteiger partial charge is 0.191 e. The summed E-state index contributed by atoms with van der Waals surface area (Å²) in [5, 5.41) is 10.6. The van der Waals surface area contributed by atoms with Gasteiger partial charge in [0.2, 0.25) is 0 Å². The molecule has 2 N–H and O–H groups in total. The summed E-state index contributed by atoms with van der Waals surface area (Å²) in [5.41, 5.74) is 2.12. The number of nitrogens with one attached hydrogen (secondary N) is 2. The number of nitrogens with zero attached hydrogens (tertiary/aromatic N) is 3. The van der Waals surface area contributed by atoms with Crippen LogP contribution >= 0.6 is 0 Å². The summed E-state index contributed by atoms with van der Waals surface area (Å²) >= 11 is 0. The minimum Gasteiger partial charge on any atom is -0.490 e. The molecule has 0 saturated carbocycles. The molecule has 0 fully saturated rings. The molecule has 0 amide bonds. The van der Waals surface area contributed by atoms with Crippen molar-refractivity contribution in [3.8, 4) is 5.75 Å². The van der Waals surface area contributed by atoms with Crippen molar-refractivity contribution >= 4 is 5.96 Å². The Hall–Kier alpha value is -2.57. The quantitative estimate of drug-likeness (QED) is 0.437. The first-order valence-electron chi connectivity index (χ1n) is 8.22. The SMILES string of the molecule is CCc1noc(CC)c1CNC(=NC)NCCOc1cccnc1. The second-order valence-electron chi connectivity index (χ2n) is 5.13. The monoisotopic (exact) mass is 331 g/mol. The molecule has 0 aromatic carbocycles. The van der Waals surface area contributed by atoms with E-state index in [9.17, 15) is 0 Å². The molecule has 2 aromatic heterocycles. The Balaban J connectivity index is 1.77. The molecule has 24 heavy (non-hydrogen) atoms. The molecule has 0 saturated heterocycles. The summed E-state index contributed by atoms with van der Waals surface area (Å²) in [6.07, 6.45) is 5.09. The lowest BCUT2D eigenvalue weighted by molar-refractivity contribution is 0.320. The van der Waals surface area contributed by atoms with Gasteiger partial charge in [0.15, 0.2) is 5.96 Å². The second-order valence-corrected chi connectivity index (χ2v) is 5.13. The molecule has 0 unspecified atom stereocenters. The molecule has 0 spiro atoms. The van der Waals surface area contributed by atoms with Gasteiger partial charge in [-0.1, -0.05) is 19.0 Å². The van der Waals surface area contributed by atoms with Gasteiger partial charge in [0.05, 0.1) is 18.4 Å². The Morgan fingerprint density at radius 3 is 2.83 bits per heavy atom. The van der Waals surface area contributed by atoms with Crippen molar-refractivity contribution in [2.24, 2.45) is 4.99 Å². The molecule has 2 heterocycles. The zero-order chi connectivity index (χ0) is 17.2. The van der Waals surface area contributed by atoms with Crippen molar-refractivity contribution in [1.82, 2.24) is 20.8 Å². The third-order valence-electron chi connectivity index (χ3n) is 3.56. The maximum absolute atomic E-state index is 5.59. The molecule has 0 radical (unpaired) electrons. The third kappa shape index (κ3) is 4.97. The van der Waals surface area contributed by atoms with E-state index in [-0.39, 0.29) is 0 Å². The highest BCUT2D eigenvalue weighted by Crippen LogP contribution is 2.15. The van der Waals surface area contributed by atoms with E-state index in [2.05, 4.69) is 39.6 Å². The maximum atomic E-state index is 5.59. The normalized spacial score (nSPS) is 11.4. The van der Waals surface area contributed by atoms with Crippen molar-refractivity contribution in [1.29, 1.82) is 0 Å². The van der Waals surface area contributed by atoms with Crippen molar-refractivity contribution < 1.29 is 9.26 Å². The molecular weight excluding hydrogens is 306 g/mol. The van der Waals surface area contributed by atoms with Crippen LogP contribution in [0.15, 0.2) is 34.0 Å². The molecule has 0 aliphatic carbocycles. The van der Waals surface area contributed by atoms with Gasteiger partial charge in [-0.05, 0) is 18.6 Å². The summed E-state index contributed by atoms with van der Waals surface area (Å²) in [6.45, 7) is 5.94. The van der Waals surface area contributed by atoms with Crippen molar-refractivity contribution in [2.45, 2.75) is 33.2 Å². The molecule has 0 bridgehead atoms. The van der Waals surface area contributed by atoms with Crippen LogP contribution in [0.5, 0.6) is 5.75 Å². The van der Waals surface area contributed by atoms with Crippen molar-refractivity contribution in [3.63, 3.8) is 0 Å². The van der Waals surface area contributed by atoms with E-state index in [1.165, 1.54) is 0 Å². The number of rotatable bonds is 8. The van der Waals surface area contributed by atoms with Gasteiger partial charge >= 0.3 is 0 Å². The molecule has 130 valence electrons. The zero-order valence-electron chi connectivity index (χ0n) is 14.5. The number of hydrogen-bond donors (Lipinski definition) is 2. The van der Waals surface area contributed by atoms with Gasteiger partial charge in [0.25, 0.3) is 0 Å². The number of aromatic nitrogens is 2. The van der Waals surface area contributed by atoms with Crippen molar-refractivity contribution in [2.75, 3.05) is 20.2 Å². The van der Waals surface area contributed by atoms with Crippen LogP contribution in [0.4, 0.5) is 0 Å². The first-order chi connectivity index (χ1) is 11.8. The van der Waals surface area contributed by atoms with Gasteiger partial charge in [-0.3, -0.25) is 9.98 Å². The lowest BCUT2D eigenvalue weighted by Crippen LogP contribution is -2.39. The minimum absolute atomic E-state index is 0.528. The van der Waals surface area contributed by atoms with E-state index in [0.717, 1.165) is 41.6 Å². The van der Waals surface area contributed by atoms with Crippen LogP contribution in [0.3, 0.4) is 0 Å². The molecular formula is C17H25N5O2. The number of hydrogen-bond acceptors (Lipinski definition) is 5. The summed E-state index contributed by atoms with van der Waals surface area (Å²) < 4.78 is 11.0. The number of aliphatic imine (C=N–C) groups is 1. The highest BCUT2D eigenvalue weighted by atomic mass is 16.5. The molecule has 0 aliphatic rings. The molecule has 2 aromatic rings. The van der Waals surface area contributed by atoms with E-state index in [4.69, 9.17) is 9.26 Å². The average molecular weight is 331 g/mol. The van der Waals surface area contributed by atoms with Gasteiger partial charge in [-0.2, -0.15) is 0 Å². The summed E-state index contributed by atoms with van der Waals surface area (Å²) in [5.74, 6) is 2.40. The standard InChI is InChI=1S/C17H25N5O2/c1-4-15-14(16(5-2)24-22-15)12-21-17(18-3)20-9-10-23-13-7-6-8-19-11-13/h6-8,11H,4-5,9-10,12H2,1-3H3,(H2,18,20,21). The number of aryl methyl sites for hydroxylation is 2. The van der Waals surface area contributed by atoms with Crippen LogP contribution in [-0.4, -0.2) is 36.3 Å². The van der Waals surface area contributed by atoms with Gasteiger partial charge in [0, 0.05) is 31.8 Å². The van der Waals surface area contributed by atoms with E-state index in [1.807, 2.05) is 12.1 Å². The van der Waals surface area contributed by atoms with Crippen LogP contribution in [0, 0.1) is 0 Å². The number of pyridine rings is 1. The van der Waals surface area contributed by atoms with Crippen molar-refractivity contribution in [3.05, 3.63) is 41.5 Å². The van der Waals surface area contributed by atoms with Gasteiger partial charge in [-0.25, -0.2) is 0 Å².